The molecule has 206 valence electrons. The van der Waals surface area contributed by atoms with Crippen LogP contribution in [0, 0.1) is 5.41 Å². The van der Waals surface area contributed by atoms with Crippen LogP contribution in [0.4, 0.5) is 0 Å². The number of unbranched alkanes of at least 4 members (excludes halogenated alkanes) is 2. The van der Waals surface area contributed by atoms with E-state index in [1.54, 1.807) is 0 Å². The molecule has 0 aromatic heterocycles. The second-order valence-electron chi connectivity index (χ2n) is 8.39. The molecule has 0 fully saturated rings. The SMILES string of the molecule is CCCCC(CCCC)(C(=O)O)C(SCC(NC(=O)CCC(N)C(=O)[O-])C(=O)NCC(=O)[O-])C(=O)O.[Na+].[Na+]. The summed E-state index contributed by atoms with van der Waals surface area (Å²) in [6.07, 6.45) is 1.68. The third-order valence-electron chi connectivity index (χ3n) is 5.58. The van der Waals surface area contributed by atoms with Crippen LogP contribution < -0.4 is 85.7 Å². The average molecular weight is 580 g/mol. The number of hydrogen-bond donors (Lipinski definition) is 5. The number of carboxylic acids is 4. The van der Waals surface area contributed by atoms with E-state index in [-0.39, 0.29) is 84.1 Å². The zero-order valence-electron chi connectivity index (χ0n) is 22.4. The molecule has 13 nitrogen and oxygen atoms in total. The summed E-state index contributed by atoms with van der Waals surface area (Å²) in [6, 6.07) is -2.87. The van der Waals surface area contributed by atoms with E-state index in [0.717, 1.165) is 0 Å². The fraction of sp³-hybridized carbons (Fsp3) is 0.727. The molecule has 16 heteroatoms. The summed E-state index contributed by atoms with van der Waals surface area (Å²) >= 11 is 0.660. The maximum Gasteiger partial charge on any atom is 1.00 e. The van der Waals surface area contributed by atoms with Gasteiger partial charge < -0.3 is 46.4 Å². The first kappa shape index (κ1) is 41.6. The summed E-state index contributed by atoms with van der Waals surface area (Å²) < 4.78 is 0. The van der Waals surface area contributed by atoms with E-state index in [0.29, 0.717) is 37.4 Å². The number of nitrogens with two attached hydrogens (primary N) is 1. The van der Waals surface area contributed by atoms with Crippen LogP contribution in [0.5, 0.6) is 0 Å². The largest absolute Gasteiger partial charge is 1.00 e. The Morgan fingerprint density at radius 1 is 0.974 bits per heavy atom. The van der Waals surface area contributed by atoms with Crippen LogP contribution >= 0.6 is 11.8 Å². The van der Waals surface area contributed by atoms with Crippen molar-refractivity contribution in [3.05, 3.63) is 0 Å². The van der Waals surface area contributed by atoms with Gasteiger partial charge in [-0.15, -0.1) is 11.8 Å². The van der Waals surface area contributed by atoms with Crippen molar-refractivity contribution in [3.8, 4) is 0 Å². The molecule has 0 aliphatic carbocycles. The first-order valence-electron chi connectivity index (χ1n) is 11.6. The number of rotatable bonds is 20. The maximum absolute atomic E-state index is 12.5. The van der Waals surface area contributed by atoms with Gasteiger partial charge in [0.05, 0.1) is 23.9 Å². The molecule has 0 saturated carbocycles. The molecule has 0 rings (SSSR count). The van der Waals surface area contributed by atoms with Crippen LogP contribution in [-0.4, -0.2) is 75.5 Å². The van der Waals surface area contributed by atoms with E-state index in [9.17, 15) is 49.2 Å². The first-order valence-corrected chi connectivity index (χ1v) is 12.7. The second-order valence-corrected chi connectivity index (χ2v) is 9.53. The van der Waals surface area contributed by atoms with E-state index >= 15 is 0 Å². The Kier molecular flexibility index (Phi) is 24.0. The fourth-order valence-electron chi connectivity index (χ4n) is 3.49. The van der Waals surface area contributed by atoms with Crippen molar-refractivity contribution in [1.82, 2.24) is 10.6 Å². The van der Waals surface area contributed by atoms with E-state index in [2.05, 4.69) is 5.32 Å². The number of amides is 2. The van der Waals surface area contributed by atoms with Gasteiger partial charge in [0.25, 0.3) is 0 Å². The molecule has 0 bridgehead atoms. The summed E-state index contributed by atoms with van der Waals surface area (Å²) in [5.41, 5.74) is 3.68. The number of carbonyl (C=O) groups excluding carboxylic acids is 4. The molecule has 3 atom stereocenters. The van der Waals surface area contributed by atoms with E-state index < -0.39 is 71.4 Å². The quantitative estimate of drug-likeness (QED) is 0.0845. The number of hydrogen-bond acceptors (Lipinski definition) is 10. The van der Waals surface area contributed by atoms with Gasteiger partial charge in [-0.3, -0.25) is 19.2 Å². The van der Waals surface area contributed by atoms with Gasteiger partial charge >= 0.3 is 71.1 Å². The minimum atomic E-state index is -1.63. The van der Waals surface area contributed by atoms with Crippen molar-refractivity contribution in [3.63, 3.8) is 0 Å². The summed E-state index contributed by atoms with van der Waals surface area (Å²) in [7, 11) is 0. The Bertz CT molecular complexity index is 795. The number of nitrogens with one attached hydrogen (secondary N) is 2. The molecule has 38 heavy (non-hydrogen) atoms. The molecule has 0 radical (unpaired) electrons. The van der Waals surface area contributed by atoms with Crippen molar-refractivity contribution in [2.45, 2.75) is 82.5 Å². The monoisotopic (exact) mass is 579 g/mol. The molecule has 0 heterocycles. The Labute approximate surface area is 270 Å². The molecule has 0 aliphatic rings. The minimum Gasteiger partial charge on any atom is -0.548 e. The average Bonchev–Trinajstić information content (AvgIpc) is 2.80. The molecule has 3 unspecified atom stereocenters. The molecule has 2 amide bonds. The summed E-state index contributed by atoms with van der Waals surface area (Å²) in [5.74, 6) is -7.99. The standard InChI is InChI=1S/C22H37N3O10S.2Na/c1-3-5-9-22(21(34)35,10-6-4-2)17(20(32)33)36-12-14(18(29)24-11-16(27)28)25-15(26)8-7-13(23)19(30)31;;/h13-14,17H,3-12,23H2,1-2H3,(H,24,29)(H,25,26)(H,27,28)(H,30,31)(H,32,33)(H,34,35);;/q;2*+1/p-2. The number of carboxylic acid groups (broad SMARTS) is 4. The molecule has 0 aliphatic heterocycles. The van der Waals surface area contributed by atoms with Crippen molar-refractivity contribution in [2.24, 2.45) is 11.1 Å². The molecule has 0 spiro atoms. The molecule has 6 N–H and O–H groups in total. The zero-order valence-corrected chi connectivity index (χ0v) is 27.3. The fourth-order valence-corrected chi connectivity index (χ4v) is 4.91. The Morgan fingerprint density at radius 3 is 1.89 bits per heavy atom. The van der Waals surface area contributed by atoms with Crippen LogP contribution in [0.3, 0.4) is 0 Å². The van der Waals surface area contributed by atoms with Crippen LogP contribution in [0.15, 0.2) is 0 Å². The minimum absolute atomic E-state index is 0. The molecular weight excluding hydrogens is 544 g/mol. The number of carbonyl (C=O) groups is 6. The maximum atomic E-state index is 12.5. The molecule has 0 saturated heterocycles. The van der Waals surface area contributed by atoms with Crippen LogP contribution in [0.2, 0.25) is 0 Å². The van der Waals surface area contributed by atoms with Gasteiger partial charge in [-0.25, -0.2) is 0 Å². The van der Waals surface area contributed by atoms with E-state index in [1.165, 1.54) is 0 Å². The number of aliphatic carboxylic acids is 4. The van der Waals surface area contributed by atoms with Crippen LogP contribution in [-0.2, 0) is 28.8 Å². The van der Waals surface area contributed by atoms with E-state index in [4.69, 9.17) is 5.73 Å². The summed E-state index contributed by atoms with van der Waals surface area (Å²) in [4.78, 5) is 70.8. The van der Waals surface area contributed by atoms with Crippen LogP contribution in [0.25, 0.3) is 0 Å². The van der Waals surface area contributed by atoms with Gasteiger partial charge in [-0.05, 0) is 19.3 Å². The van der Waals surface area contributed by atoms with Gasteiger partial charge in [-0.2, -0.15) is 0 Å². The van der Waals surface area contributed by atoms with Crippen molar-refractivity contribution >= 4 is 47.5 Å². The third-order valence-corrected chi connectivity index (χ3v) is 7.09. The predicted octanol–water partition coefficient (Wildman–Crippen LogP) is -8.16. The normalized spacial score (nSPS) is 13.0. The smallest absolute Gasteiger partial charge is 0.548 e. The summed E-state index contributed by atoms with van der Waals surface area (Å²) in [5, 5.41) is 44.3. The molecular formula is C22H35N3Na2O10S. The van der Waals surface area contributed by atoms with Crippen molar-refractivity contribution < 1.29 is 108 Å². The molecule has 0 aromatic carbocycles. The topological polar surface area (TPSA) is 239 Å². The Hall–Kier alpha value is -0.870. The Balaban J connectivity index is -0.00000612. The van der Waals surface area contributed by atoms with Crippen molar-refractivity contribution in [2.75, 3.05) is 12.3 Å². The van der Waals surface area contributed by atoms with Gasteiger partial charge in [-0.1, -0.05) is 39.5 Å². The summed E-state index contributed by atoms with van der Waals surface area (Å²) in [6.45, 7) is 2.81. The third kappa shape index (κ3) is 15.1. The van der Waals surface area contributed by atoms with Gasteiger partial charge in [0.15, 0.2) is 0 Å². The van der Waals surface area contributed by atoms with Gasteiger partial charge in [0, 0.05) is 18.2 Å². The van der Waals surface area contributed by atoms with E-state index in [1.807, 2.05) is 19.2 Å². The Morgan fingerprint density at radius 2 is 1.50 bits per heavy atom. The van der Waals surface area contributed by atoms with Crippen LogP contribution in [0.1, 0.15) is 65.2 Å². The predicted molar refractivity (Wildman–Crippen MR) is 125 cm³/mol. The molecule has 0 aromatic rings. The zero-order chi connectivity index (χ0) is 27.9. The van der Waals surface area contributed by atoms with Gasteiger partial charge in [0.1, 0.15) is 11.3 Å². The number of thioether (sulfide) groups is 1. The first-order chi connectivity index (χ1) is 16.8. The van der Waals surface area contributed by atoms with Crippen molar-refractivity contribution in [1.29, 1.82) is 0 Å². The van der Waals surface area contributed by atoms with Gasteiger partial charge in [0.2, 0.25) is 11.8 Å². The second kappa shape index (κ2) is 21.9.